The lowest BCUT2D eigenvalue weighted by Gasteiger charge is -2.26. The molecule has 2 aromatic heterocycles. The molecule has 3 nitrogen and oxygen atoms in total. The maximum absolute atomic E-state index is 5.43. The molecule has 0 aliphatic rings. The summed E-state index contributed by atoms with van der Waals surface area (Å²) in [5, 5.41) is 2.34. The van der Waals surface area contributed by atoms with Crippen LogP contribution in [0.5, 0.6) is 0 Å². The first kappa shape index (κ1) is 27.7. The monoisotopic (exact) mass is 565 g/mol. The first-order chi connectivity index (χ1) is 20.2. The van der Waals surface area contributed by atoms with E-state index in [0.29, 0.717) is 0 Å². The Morgan fingerprint density at radius 3 is 2.17 bits per heavy atom. The number of anilines is 3. The van der Waals surface area contributed by atoms with Crippen LogP contribution < -0.4 is 4.90 Å². The fourth-order valence-corrected chi connectivity index (χ4v) is 5.83. The zero-order valence-electron chi connectivity index (χ0n) is 24.8. The molecule has 4 heteroatoms. The smallest absolute Gasteiger partial charge is 0.142 e. The van der Waals surface area contributed by atoms with Crippen molar-refractivity contribution in [2.75, 3.05) is 4.90 Å². The fourth-order valence-electron chi connectivity index (χ4n) is 5.56. The van der Waals surface area contributed by atoms with Crippen molar-refractivity contribution in [1.82, 2.24) is 9.97 Å². The predicted molar refractivity (Wildman–Crippen MR) is 181 cm³/mol. The molecule has 6 aromatic rings. The first-order valence-corrected chi connectivity index (χ1v) is 14.8. The van der Waals surface area contributed by atoms with Crippen LogP contribution in [-0.4, -0.2) is 9.97 Å². The molecule has 0 N–H and O–H groups in total. The molecular weight excluding hydrogens is 531 g/mol. The third-order valence-corrected chi connectivity index (χ3v) is 8.16. The van der Waals surface area contributed by atoms with E-state index in [9.17, 15) is 0 Å². The second kappa shape index (κ2) is 11.1. The molecule has 0 amide bonds. The summed E-state index contributed by atoms with van der Waals surface area (Å²) in [6, 6.07) is 38.3. The average Bonchev–Trinajstić information content (AvgIpc) is 2.99. The van der Waals surface area contributed by atoms with Crippen molar-refractivity contribution < 1.29 is 0 Å². The van der Waals surface area contributed by atoms with Gasteiger partial charge in [0.15, 0.2) is 0 Å². The molecule has 0 saturated carbocycles. The lowest BCUT2D eigenvalue weighted by Crippen LogP contribution is -2.15. The number of aromatic nitrogens is 2. The molecule has 0 radical (unpaired) electrons. The van der Waals surface area contributed by atoms with E-state index in [1.165, 1.54) is 16.3 Å². The van der Waals surface area contributed by atoms with Crippen LogP contribution in [0.2, 0.25) is 0 Å². The number of benzene rings is 4. The highest BCUT2D eigenvalue weighted by molar-refractivity contribution is 7.80. The van der Waals surface area contributed by atoms with Crippen molar-refractivity contribution >= 4 is 40.7 Å². The maximum Gasteiger partial charge on any atom is 0.142 e. The Bertz CT molecular complexity index is 1850. The zero-order valence-corrected chi connectivity index (χ0v) is 25.7. The van der Waals surface area contributed by atoms with Gasteiger partial charge in [0.25, 0.3) is 0 Å². The van der Waals surface area contributed by atoms with E-state index in [4.69, 9.17) is 22.6 Å². The largest absolute Gasteiger partial charge is 0.279 e. The van der Waals surface area contributed by atoms with Crippen LogP contribution in [0.15, 0.2) is 120 Å². The van der Waals surface area contributed by atoms with E-state index < -0.39 is 0 Å². The van der Waals surface area contributed by atoms with Crippen molar-refractivity contribution in [2.24, 2.45) is 0 Å². The Morgan fingerprint density at radius 2 is 1.43 bits per heavy atom. The molecule has 0 bridgehead atoms. The second-order valence-electron chi connectivity index (χ2n) is 11.9. The lowest BCUT2D eigenvalue weighted by atomic mass is 9.85. The molecule has 0 spiro atoms. The Morgan fingerprint density at radius 1 is 0.690 bits per heavy atom. The number of pyridine rings is 2. The molecule has 6 rings (SSSR count). The van der Waals surface area contributed by atoms with E-state index in [-0.39, 0.29) is 5.41 Å². The third kappa shape index (κ3) is 5.31. The van der Waals surface area contributed by atoms with Crippen LogP contribution >= 0.6 is 12.6 Å². The van der Waals surface area contributed by atoms with Gasteiger partial charge in [-0.1, -0.05) is 81.4 Å². The number of aryl methyl sites for hydroxylation is 2. The minimum Gasteiger partial charge on any atom is -0.279 e. The van der Waals surface area contributed by atoms with Gasteiger partial charge in [0.1, 0.15) is 11.6 Å². The fraction of sp³-hybridized carbons (Fsp3) is 0.158. The second-order valence-corrected chi connectivity index (χ2v) is 12.4. The van der Waals surface area contributed by atoms with Crippen molar-refractivity contribution in [3.8, 4) is 22.4 Å². The summed E-state index contributed by atoms with van der Waals surface area (Å²) >= 11 is 4.90. The highest BCUT2D eigenvalue weighted by Gasteiger charge is 2.21. The van der Waals surface area contributed by atoms with Crippen LogP contribution in [-0.2, 0) is 5.41 Å². The third-order valence-electron chi connectivity index (χ3n) is 7.77. The molecular formula is C38H35N3S. The molecule has 0 aliphatic heterocycles. The normalized spacial score (nSPS) is 11.6. The van der Waals surface area contributed by atoms with Gasteiger partial charge in [-0.3, -0.25) is 4.90 Å². The van der Waals surface area contributed by atoms with E-state index >= 15 is 0 Å². The van der Waals surface area contributed by atoms with E-state index in [0.717, 1.165) is 55.7 Å². The number of thiol groups is 1. The SMILES string of the molecule is Cc1cc(C)c(N(c2ccccc2)c2ccccn2)nc1-c1cc(-c2cc(C(C)(C)C)ccc2S)cc2ccccc12. The lowest BCUT2D eigenvalue weighted by molar-refractivity contribution is 0.590. The first-order valence-electron chi connectivity index (χ1n) is 14.3. The molecule has 0 aliphatic carbocycles. The van der Waals surface area contributed by atoms with Crippen molar-refractivity contribution in [2.45, 2.75) is 44.9 Å². The van der Waals surface area contributed by atoms with Crippen LogP contribution in [0.25, 0.3) is 33.2 Å². The van der Waals surface area contributed by atoms with Gasteiger partial charge in [-0.05, 0) is 106 Å². The molecule has 0 atom stereocenters. The minimum atomic E-state index is 0.0340. The van der Waals surface area contributed by atoms with Gasteiger partial charge in [-0.15, -0.1) is 12.6 Å². The molecule has 0 saturated heterocycles. The molecule has 4 aromatic carbocycles. The predicted octanol–water partition coefficient (Wildman–Crippen LogP) is 10.6. The minimum absolute atomic E-state index is 0.0340. The van der Waals surface area contributed by atoms with Gasteiger partial charge < -0.3 is 0 Å². The average molecular weight is 566 g/mol. The molecule has 2 heterocycles. The quantitative estimate of drug-likeness (QED) is 0.211. The summed E-state index contributed by atoms with van der Waals surface area (Å²) < 4.78 is 0. The van der Waals surface area contributed by atoms with Crippen LogP contribution in [0.3, 0.4) is 0 Å². The number of fused-ring (bicyclic) bond motifs is 1. The molecule has 0 unspecified atom stereocenters. The number of para-hydroxylation sites is 1. The molecule has 0 fully saturated rings. The maximum atomic E-state index is 5.43. The van der Waals surface area contributed by atoms with Crippen molar-refractivity contribution in [3.63, 3.8) is 0 Å². The van der Waals surface area contributed by atoms with Crippen LogP contribution in [0, 0.1) is 13.8 Å². The van der Waals surface area contributed by atoms with Gasteiger partial charge in [-0.2, -0.15) is 0 Å². The Labute approximate surface area is 254 Å². The van der Waals surface area contributed by atoms with E-state index in [2.05, 4.69) is 112 Å². The van der Waals surface area contributed by atoms with Gasteiger partial charge in [-0.25, -0.2) is 9.97 Å². The molecule has 208 valence electrons. The number of hydrogen-bond acceptors (Lipinski definition) is 4. The summed E-state index contributed by atoms with van der Waals surface area (Å²) in [6.07, 6.45) is 1.83. The van der Waals surface area contributed by atoms with Gasteiger partial charge in [0.2, 0.25) is 0 Å². The Kier molecular flexibility index (Phi) is 7.34. The summed E-state index contributed by atoms with van der Waals surface area (Å²) in [7, 11) is 0. The summed E-state index contributed by atoms with van der Waals surface area (Å²) in [4.78, 5) is 13.2. The van der Waals surface area contributed by atoms with Gasteiger partial charge >= 0.3 is 0 Å². The van der Waals surface area contributed by atoms with Crippen LogP contribution in [0.4, 0.5) is 17.3 Å². The van der Waals surface area contributed by atoms with E-state index in [1.54, 1.807) is 0 Å². The Balaban J connectivity index is 1.60. The Hall–Kier alpha value is -4.41. The number of nitrogens with zero attached hydrogens (tertiary/aromatic N) is 3. The number of hydrogen-bond donors (Lipinski definition) is 1. The van der Waals surface area contributed by atoms with Crippen molar-refractivity contribution in [3.05, 3.63) is 132 Å². The van der Waals surface area contributed by atoms with Gasteiger partial charge in [0, 0.05) is 22.3 Å². The highest BCUT2D eigenvalue weighted by Crippen LogP contribution is 2.41. The van der Waals surface area contributed by atoms with Crippen molar-refractivity contribution in [1.29, 1.82) is 0 Å². The standard InChI is InChI=1S/C38H35N3S/c1-25-21-26(2)37(41(30-14-7-6-8-15-30)35-17-11-12-20-39-35)40-36(25)33-23-28(22-27-13-9-10-16-31(27)33)32-24-29(38(3,4)5)18-19-34(32)42/h6-24,42H,1-5H3. The van der Waals surface area contributed by atoms with Gasteiger partial charge in [0.05, 0.1) is 5.69 Å². The molecule has 42 heavy (non-hydrogen) atoms. The summed E-state index contributed by atoms with van der Waals surface area (Å²) in [6.45, 7) is 11.0. The highest BCUT2D eigenvalue weighted by atomic mass is 32.1. The van der Waals surface area contributed by atoms with E-state index in [1.807, 2.05) is 42.6 Å². The zero-order chi connectivity index (χ0) is 29.4. The topological polar surface area (TPSA) is 29.0 Å². The number of rotatable bonds is 5. The summed E-state index contributed by atoms with van der Waals surface area (Å²) in [5.41, 5.74) is 8.86. The van der Waals surface area contributed by atoms with Crippen LogP contribution in [0.1, 0.15) is 37.5 Å². The summed E-state index contributed by atoms with van der Waals surface area (Å²) in [5.74, 6) is 1.69.